The lowest BCUT2D eigenvalue weighted by molar-refractivity contribution is 0.294. The van der Waals surface area contributed by atoms with E-state index in [2.05, 4.69) is 19.2 Å². The average molecular weight is 309 g/mol. The number of ether oxygens (including phenoxy) is 1. The molecule has 3 nitrogen and oxygen atoms in total. The van der Waals surface area contributed by atoms with Gasteiger partial charge in [0.15, 0.2) is 0 Å². The van der Waals surface area contributed by atoms with Crippen molar-refractivity contribution in [3.63, 3.8) is 0 Å². The van der Waals surface area contributed by atoms with E-state index in [1.54, 1.807) is 7.11 Å². The predicted molar refractivity (Wildman–Crippen MR) is 88.3 cm³/mol. The van der Waals surface area contributed by atoms with E-state index in [0.29, 0.717) is 12.0 Å². The lowest BCUT2D eigenvalue weighted by Crippen LogP contribution is -2.46. The molecule has 0 heterocycles. The Kier molecular flexibility index (Phi) is 6.24. The third-order valence-electron chi connectivity index (χ3n) is 4.49. The molecule has 1 saturated carbocycles. The van der Waals surface area contributed by atoms with Crippen LogP contribution in [0.2, 0.25) is 0 Å². The van der Waals surface area contributed by atoms with E-state index in [9.17, 15) is 4.21 Å². The molecule has 0 amide bonds. The van der Waals surface area contributed by atoms with Crippen LogP contribution in [0.5, 0.6) is 5.75 Å². The average Bonchev–Trinajstić information content (AvgIpc) is 2.55. The highest BCUT2D eigenvalue weighted by Crippen LogP contribution is 2.32. The van der Waals surface area contributed by atoms with E-state index in [0.717, 1.165) is 30.0 Å². The quantitative estimate of drug-likeness (QED) is 0.875. The minimum atomic E-state index is -0.978. The largest absolute Gasteiger partial charge is 0.497 e. The summed E-state index contributed by atoms with van der Waals surface area (Å²) < 4.78 is 18.3. The molecule has 1 N–H and O–H groups in total. The first-order valence-electron chi connectivity index (χ1n) is 7.97. The molecule has 21 heavy (non-hydrogen) atoms. The fraction of sp³-hybridized carbons (Fsp3) is 0.647. The number of methoxy groups -OCH3 is 1. The molecule has 4 unspecified atom stereocenters. The van der Waals surface area contributed by atoms with E-state index in [-0.39, 0.29) is 5.25 Å². The third-order valence-corrected chi connectivity index (χ3v) is 6.28. The summed E-state index contributed by atoms with van der Waals surface area (Å²) in [7, 11) is 0.672. The molecular weight excluding hydrogens is 282 g/mol. The van der Waals surface area contributed by atoms with Gasteiger partial charge >= 0.3 is 0 Å². The second kappa shape index (κ2) is 7.95. The maximum absolute atomic E-state index is 13.0. The first-order valence-corrected chi connectivity index (χ1v) is 9.18. The highest BCUT2D eigenvalue weighted by atomic mass is 32.2. The van der Waals surface area contributed by atoms with Gasteiger partial charge in [0.25, 0.3) is 0 Å². The maximum atomic E-state index is 13.0. The highest BCUT2D eigenvalue weighted by Gasteiger charge is 2.34. The fourth-order valence-electron chi connectivity index (χ4n) is 3.22. The number of nitrogens with one attached hydrogen (secondary N) is 1. The molecule has 0 radical (unpaired) electrons. The van der Waals surface area contributed by atoms with Crippen molar-refractivity contribution in [1.29, 1.82) is 0 Å². The van der Waals surface area contributed by atoms with E-state index in [1.807, 2.05) is 24.3 Å². The first-order chi connectivity index (χ1) is 10.2. The van der Waals surface area contributed by atoms with Crippen LogP contribution in [-0.4, -0.2) is 29.2 Å². The SMILES string of the molecule is CCNC1CCC(CC)CC1S(=O)c1cccc(OC)c1. The Hall–Kier alpha value is -0.870. The molecule has 2 rings (SSSR count). The summed E-state index contributed by atoms with van der Waals surface area (Å²) in [4.78, 5) is 0.888. The third kappa shape index (κ3) is 4.07. The molecule has 0 saturated heterocycles. The summed E-state index contributed by atoms with van der Waals surface area (Å²) in [5, 5.41) is 3.74. The molecule has 0 bridgehead atoms. The second-order valence-corrected chi connectivity index (χ2v) is 7.44. The van der Waals surface area contributed by atoms with Crippen molar-refractivity contribution in [2.45, 2.75) is 55.7 Å². The Morgan fingerprint density at radius 1 is 1.33 bits per heavy atom. The minimum Gasteiger partial charge on any atom is -0.497 e. The molecule has 1 fully saturated rings. The van der Waals surface area contributed by atoms with Crippen molar-refractivity contribution in [2.24, 2.45) is 5.92 Å². The van der Waals surface area contributed by atoms with Crippen molar-refractivity contribution in [3.05, 3.63) is 24.3 Å². The van der Waals surface area contributed by atoms with Gasteiger partial charge in [-0.2, -0.15) is 0 Å². The zero-order valence-electron chi connectivity index (χ0n) is 13.3. The van der Waals surface area contributed by atoms with E-state index in [4.69, 9.17) is 4.74 Å². The molecule has 0 aromatic heterocycles. The van der Waals surface area contributed by atoms with Crippen molar-refractivity contribution < 1.29 is 8.95 Å². The van der Waals surface area contributed by atoms with Crippen molar-refractivity contribution >= 4 is 10.8 Å². The van der Waals surface area contributed by atoms with Crippen LogP contribution in [0.25, 0.3) is 0 Å². The van der Waals surface area contributed by atoms with Gasteiger partial charge in [0, 0.05) is 10.9 Å². The van der Waals surface area contributed by atoms with Gasteiger partial charge in [0.05, 0.1) is 23.2 Å². The van der Waals surface area contributed by atoms with E-state index < -0.39 is 10.8 Å². The standard InChI is InChI=1S/C17H27NO2S/c1-4-13-9-10-16(18-5-2)17(11-13)21(19)15-8-6-7-14(12-15)20-3/h6-8,12-13,16-18H,4-5,9-11H2,1-3H3. The predicted octanol–water partition coefficient (Wildman–Crippen LogP) is 3.36. The summed E-state index contributed by atoms with van der Waals surface area (Å²) >= 11 is 0. The Balaban J connectivity index is 2.19. The van der Waals surface area contributed by atoms with E-state index in [1.165, 1.54) is 12.8 Å². The Bertz CT molecular complexity index is 478. The summed E-state index contributed by atoms with van der Waals surface area (Å²) in [6.07, 6.45) is 4.62. The van der Waals surface area contributed by atoms with Gasteiger partial charge in [-0.25, -0.2) is 0 Å². The van der Waals surface area contributed by atoms with E-state index >= 15 is 0 Å². The maximum Gasteiger partial charge on any atom is 0.120 e. The van der Waals surface area contributed by atoms with Gasteiger partial charge in [-0.15, -0.1) is 0 Å². The van der Waals surface area contributed by atoms with Crippen molar-refractivity contribution in [2.75, 3.05) is 13.7 Å². The lowest BCUT2D eigenvalue weighted by atomic mass is 9.84. The second-order valence-electron chi connectivity index (χ2n) is 5.77. The van der Waals surface area contributed by atoms with Crippen molar-refractivity contribution in [3.8, 4) is 5.75 Å². The van der Waals surface area contributed by atoms with Crippen LogP contribution in [0.1, 0.15) is 39.5 Å². The van der Waals surface area contributed by atoms with Gasteiger partial charge in [0.2, 0.25) is 0 Å². The zero-order valence-corrected chi connectivity index (χ0v) is 14.1. The Morgan fingerprint density at radius 2 is 2.14 bits per heavy atom. The first kappa shape index (κ1) is 16.5. The summed E-state index contributed by atoms with van der Waals surface area (Å²) in [5.41, 5.74) is 0. The normalized spacial score (nSPS) is 27.3. The van der Waals surface area contributed by atoms with Gasteiger partial charge in [-0.1, -0.05) is 26.3 Å². The lowest BCUT2D eigenvalue weighted by Gasteiger charge is -2.35. The van der Waals surface area contributed by atoms with Crippen LogP contribution in [0.4, 0.5) is 0 Å². The highest BCUT2D eigenvalue weighted by molar-refractivity contribution is 7.85. The molecular formula is C17H27NO2S. The molecule has 4 atom stereocenters. The van der Waals surface area contributed by atoms with Crippen LogP contribution in [0.15, 0.2) is 29.2 Å². The van der Waals surface area contributed by atoms with Crippen molar-refractivity contribution in [1.82, 2.24) is 5.32 Å². The van der Waals surface area contributed by atoms with Crippen LogP contribution in [-0.2, 0) is 10.8 Å². The molecule has 1 aromatic carbocycles. The number of benzene rings is 1. The molecule has 0 aliphatic heterocycles. The topological polar surface area (TPSA) is 38.3 Å². The minimum absolute atomic E-state index is 0.204. The summed E-state index contributed by atoms with van der Waals surface area (Å²) in [6.45, 7) is 5.30. The Morgan fingerprint density at radius 3 is 2.81 bits per heavy atom. The number of hydrogen-bond acceptors (Lipinski definition) is 3. The van der Waals surface area contributed by atoms with Gasteiger partial charge in [0.1, 0.15) is 5.75 Å². The molecule has 4 heteroatoms. The van der Waals surface area contributed by atoms with Crippen LogP contribution in [0, 0.1) is 5.92 Å². The van der Waals surface area contributed by atoms with Gasteiger partial charge < -0.3 is 10.1 Å². The Labute approximate surface area is 130 Å². The number of hydrogen-bond donors (Lipinski definition) is 1. The van der Waals surface area contributed by atoms with Gasteiger partial charge in [-0.3, -0.25) is 4.21 Å². The molecule has 1 aliphatic carbocycles. The van der Waals surface area contributed by atoms with Crippen LogP contribution >= 0.6 is 0 Å². The monoisotopic (exact) mass is 309 g/mol. The van der Waals surface area contributed by atoms with Crippen LogP contribution in [0.3, 0.4) is 0 Å². The van der Waals surface area contributed by atoms with Crippen LogP contribution < -0.4 is 10.1 Å². The summed E-state index contributed by atoms with van der Waals surface area (Å²) in [6, 6.07) is 8.06. The zero-order chi connectivity index (χ0) is 15.2. The van der Waals surface area contributed by atoms with Gasteiger partial charge in [-0.05, 0) is 49.9 Å². The molecule has 1 aromatic rings. The smallest absolute Gasteiger partial charge is 0.120 e. The fourth-order valence-corrected chi connectivity index (χ4v) is 4.99. The molecule has 1 aliphatic rings. The molecule has 0 spiro atoms. The number of rotatable bonds is 6. The summed E-state index contributed by atoms with van der Waals surface area (Å²) in [5.74, 6) is 1.49. The molecule has 118 valence electrons.